The van der Waals surface area contributed by atoms with Gasteiger partial charge >= 0.3 is 11.0 Å². The van der Waals surface area contributed by atoms with Gasteiger partial charge in [-0.1, -0.05) is 0 Å². The molecule has 6 nitrogen and oxygen atoms in total. The molecule has 0 saturated carbocycles. The van der Waals surface area contributed by atoms with E-state index in [1.807, 2.05) is 0 Å². The van der Waals surface area contributed by atoms with Gasteiger partial charge in [-0.15, -0.1) is 0 Å². The summed E-state index contributed by atoms with van der Waals surface area (Å²) in [5.74, 6) is -2.57. The fourth-order valence-corrected chi connectivity index (χ4v) is 2.90. The van der Waals surface area contributed by atoms with Gasteiger partial charge in [-0.05, 0) is 6.42 Å². The van der Waals surface area contributed by atoms with Crippen molar-refractivity contribution in [3.63, 3.8) is 0 Å². The van der Waals surface area contributed by atoms with Gasteiger partial charge in [0, 0.05) is 0 Å². The molecule has 14 heteroatoms. The van der Waals surface area contributed by atoms with E-state index in [0.29, 0.717) is 4.57 Å². The number of nitrogens with zero attached hydrogens (tertiary/aromatic N) is 2. The molecular formula is C9H11F6N2O4S2+. The summed E-state index contributed by atoms with van der Waals surface area (Å²) in [5.41, 5.74) is -10.8. The minimum absolute atomic E-state index is 0.242. The highest BCUT2D eigenvalue weighted by Gasteiger charge is 2.47. The average molecular weight is 389 g/mol. The van der Waals surface area contributed by atoms with Crippen molar-refractivity contribution in [1.29, 1.82) is 0 Å². The van der Waals surface area contributed by atoms with E-state index in [2.05, 4.69) is 0 Å². The lowest BCUT2D eigenvalue weighted by molar-refractivity contribution is -0.677. The average Bonchev–Trinajstić information content (AvgIpc) is 2.72. The SMILES string of the molecule is O=S(=O)(CCCn1cc[n+](CS(=O)(=O)C(F)(F)F)c1)C(F)(F)F. The smallest absolute Gasteiger partial charge is 0.237 e. The second-order valence-corrected chi connectivity index (χ2v) is 8.52. The summed E-state index contributed by atoms with van der Waals surface area (Å²) in [7, 11) is -10.7. The number of sulfone groups is 2. The first kappa shape index (κ1) is 19.7. The minimum Gasteiger partial charge on any atom is -0.237 e. The highest BCUT2D eigenvalue weighted by Crippen LogP contribution is 2.25. The van der Waals surface area contributed by atoms with Crippen LogP contribution in [0.5, 0.6) is 0 Å². The van der Waals surface area contributed by atoms with E-state index < -0.39 is 48.7 Å². The van der Waals surface area contributed by atoms with Gasteiger partial charge in [0.1, 0.15) is 12.4 Å². The van der Waals surface area contributed by atoms with Crippen LogP contribution in [-0.2, 0) is 32.1 Å². The Morgan fingerprint density at radius 2 is 1.43 bits per heavy atom. The molecule has 0 spiro atoms. The van der Waals surface area contributed by atoms with Crippen molar-refractivity contribution in [2.45, 2.75) is 29.9 Å². The lowest BCUT2D eigenvalue weighted by Gasteiger charge is -2.06. The molecule has 0 unspecified atom stereocenters. The van der Waals surface area contributed by atoms with E-state index in [9.17, 15) is 43.2 Å². The van der Waals surface area contributed by atoms with Crippen LogP contribution in [0.3, 0.4) is 0 Å². The second-order valence-electron chi connectivity index (χ2n) is 4.47. The Balaban J connectivity index is 2.66. The molecule has 0 fully saturated rings. The Bertz CT molecular complexity index is 748. The number of hydrogen-bond donors (Lipinski definition) is 0. The lowest BCUT2D eigenvalue weighted by Crippen LogP contribution is -2.41. The van der Waals surface area contributed by atoms with E-state index in [4.69, 9.17) is 0 Å². The van der Waals surface area contributed by atoms with Crippen molar-refractivity contribution in [1.82, 2.24) is 4.57 Å². The molecule has 0 radical (unpaired) electrons. The molecule has 1 heterocycles. The lowest BCUT2D eigenvalue weighted by atomic mass is 10.5. The number of halogens is 6. The van der Waals surface area contributed by atoms with Crippen LogP contribution < -0.4 is 4.57 Å². The van der Waals surface area contributed by atoms with Crippen molar-refractivity contribution in [3.8, 4) is 0 Å². The first-order valence-electron chi connectivity index (χ1n) is 5.78. The largest absolute Gasteiger partial charge is 0.501 e. The molecule has 0 aliphatic rings. The second kappa shape index (κ2) is 6.30. The van der Waals surface area contributed by atoms with E-state index in [0.717, 1.165) is 23.3 Å². The molecule has 0 bridgehead atoms. The van der Waals surface area contributed by atoms with Crippen LogP contribution in [0.1, 0.15) is 6.42 Å². The molecular weight excluding hydrogens is 378 g/mol. The minimum atomic E-state index is -5.43. The molecule has 0 saturated heterocycles. The summed E-state index contributed by atoms with van der Waals surface area (Å²) in [6.07, 6.45) is 2.57. The zero-order chi connectivity index (χ0) is 18.1. The van der Waals surface area contributed by atoms with Crippen molar-refractivity contribution >= 4 is 19.7 Å². The van der Waals surface area contributed by atoms with Crippen molar-refractivity contribution in [3.05, 3.63) is 18.7 Å². The van der Waals surface area contributed by atoms with Crippen LogP contribution in [0.2, 0.25) is 0 Å². The summed E-state index contributed by atoms with van der Waals surface area (Å²) in [4.78, 5) is 0. The summed E-state index contributed by atoms with van der Waals surface area (Å²) in [6, 6.07) is 0. The third-order valence-electron chi connectivity index (χ3n) is 2.60. The van der Waals surface area contributed by atoms with Crippen molar-refractivity contribution < 1.29 is 47.7 Å². The highest BCUT2D eigenvalue weighted by molar-refractivity contribution is 7.92. The van der Waals surface area contributed by atoms with Crippen LogP contribution in [0.25, 0.3) is 0 Å². The Morgan fingerprint density at radius 3 is 1.91 bits per heavy atom. The molecule has 0 aliphatic carbocycles. The van der Waals surface area contributed by atoms with E-state index in [-0.39, 0.29) is 6.54 Å². The van der Waals surface area contributed by atoms with Crippen LogP contribution in [0, 0.1) is 0 Å². The van der Waals surface area contributed by atoms with Crippen LogP contribution in [-0.4, -0.2) is 38.2 Å². The van der Waals surface area contributed by atoms with Gasteiger partial charge in [-0.3, -0.25) is 0 Å². The Kier molecular flexibility index (Phi) is 5.40. The topological polar surface area (TPSA) is 77.1 Å². The molecule has 0 N–H and O–H groups in total. The molecule has 0 amide bonds. The Morgan fingerprint density at radius 1 is 0.913 bits per heavy atom. The maximum absolute atomic E-state index is 12.2. The maximum atomic E-state index is 12.2. The normalized spacial score (nSPS) is 14.2. The van der Waals surface area contributed by atoms with Gasteiger partial charge in [-0.2, -0.15) is 26.3 Å². The molecule has 0 aliphatic heterocycles. The van der Waals surface area contributed by atoms with Gasteiger partial charge < -0.3 is 0 Å². The fourth-order valence-electron chi connectivity index (χ4n) is 1.47. The zero-order valence-corrected chi connectivity index (χ0v) is 12.8. The first-order chi connectivity index (χ1) is 10.2. The van der Waals surface area contributed by atoms with Gasteiger partial charge in [0.2, 0.25) is 16.2 Å². The molecule has 23 heavy (non-hydrogen) atoms. The molecule has 1 aromatic rings. The highest BCUT2D eigenvalue weighted by atomic mass is 32.2. The summed E-state index contributed by atoms with van der Waals surface area (Å²) in [5, 5.41) is 0. The number of imidazole rings is 1. The summed E-state index contributed by atoms with van der Waals surface area (Å²) in [6.45, 7) is -0.242. The maximum Gasteiger partial charge on any atom is 0.501 e. The number of aromatic nitrogens is 2. The van der Waals surface area contributed by atoms with Crippen molar-refractivity contribution in [2.24, 2.45) is 0 Å². The van der Waals surface area contributed by atoms with Crippen molar-refractivity contribution in [2.75, 3.05) is 5.75 Å². The van der Waals surface area contributed by atoms with Gasteiger partial charge in [0.25, 0.3) is 9.84 Å². The number of rotatable bonds is 6. The third-order valence-corrected chi connectivity index (χ3v) is 5.47. The van der Waals surface area contributed by atoms with Gasteiger partial charge in [0.15, 0.2) is 5.88 Å². The molecule has 1 rings (SSSR count). The van der Waals surface area contributed by atoms with E-state index in [1.54, 1.807) is 0 Å². The van der Waals surface area contributed by atoms with Gasteiger partial charge in [0.05, 0.1) is 12.3 Å². The molecule has 0 atom stereocenters. The fraction of sp³-hybridized carbons (Fsp3) is 0.667. The molecule has 0 aromatic carbocycles. The predicted octanol–water partition coefficient (Wildman–Crippen LogP) is 0.992. The number of hydrogen-bond acceptors (Lipinski definition) is 4. The standard InChI is InChI=1S/C9H11F6N2O4S2/c10-8(11,12)22(18,19)5-1-2-16-3-4-17(6-16)7-23(20,21)9(13,14)15/h3-4,6H,1-2,5,7H2/q+1. The molecule has 134 valence electrons. The number of aryl methyl sites for hydroxylation is 1. The van der Waals surface area contributed by atoms with Gasteiger partial charge in [-0.25, -0.2) is 26.0 Å². The van der Waals surface area contributed by atoms with Crippen LogP contribution >= 0.6 is 0 Å². The Labute approximate surface area is 127 Å². The van der Waals surface area contributed by atoms with E-state index in [1.165, 1.54) is 0 Å². The quantitative estimate of drug-likeness (QED) is 0.537. The molecule has 1 aromatic heterocycles. The summed E-state index contributed by atoms with van der Waals surface area (Å²) < 4.78 is 118. The first-order valence-corrected chi connectivity index (χ1v) is 9.09. The third kappa shape index (κ3) is 5.09. The monoisotopic (exact) mass is 389 g/mol. The predicted molar refractivity (Wildman–Crippen MR) is 64.1 cm³/mol. The summed E-state index contributed by atoms with van der Waals surface area (Å²) >= 11 is 0. The van der Waals surface area contributed by atoms with Crippen LogP contribution in [0.4, 0.5) is 26.3 Å². The Hall–Kier alpha value is -1.31. The van der Waals surface area contributed by atoms with Crippen LogP contribution in [0.15, 0.2) is 18.7 Å². The van der Waals surface area contributed by atoms with E-state index >= 15 is 0 Å². The zero-order valence-electron chi connectivity index (χ0n) is 11.2. The number of alkyl halides is 6.